The molecule has 0 amide bonds. The second-order valence-electron chi connectivity index (χ2n) is 4.27. The lowest BCUT2D eigenvalue weighted by Crippen LogP contribution is -1.91. The Labute approximate surface area is 131 Å². The minimum Gasteiger partial charge on any atom is -0.236 e. The first kappa shape index (κ1) is 14.3. The molecule has 1 aromatic heterocycles. The van der Waals surface area contributed by atoms with Gasteiger partial charge in [0.1, 0.15) is 5.01 Å². The summed E-state index contributed by atoms with van der Waals surface area (Å²) in [6.07, 6.45) is 0. The molecule has 2 aromatic carbocycles. The van der Waals surface area contributed by atoms with Crippen LogP contribution in [0.4, 0.5) is 13.2 Å². The number of benzene rings is 2. The first-order chi connectivity index (χ1) is 10.1. The number of rotatable bonds is 2. The zero-order chi connectivity index (χ0) is 15.0. The number of hydrogen-bond acceptors (Lipinski definition) is 2. The summed E-state index contributed by atoms with van der Waals surface area (Å²) >= 11 is 4.67. The molecule has 0 saturated carbocycles. The summed E-state index contributed by atoms with van der Waals surface area (Å²) in [6.45, 7) is 0. The molecule has 21 heavy (non-hydrogen) atoms. The summed E-state index contributed by atoms with van der Waals surface area (Å²) in [4.78, 5) is 4.36. The van der Waals surface area contributed by atoms with Gasteiger partial charge in [0, 0.05) is 21.0 Å². The number of halogens is 4. The highest BCUT2D eigenvalue weighted by atomic mass is 79.9. The molecule has 0 bridgehead atoms. The fourth-order valence-corrected chi connectivity index (χ4v) is 3.17. The van der Waals surface area contributed by atoms with E-state index in [9.17, 15) is 13.2 Å². The predicted octanol–water partition coefficient (Wildman–Crippen LogP) is 5.66. The zero-order valence-corrected chi connectivity index (χ0v) is 12.8. The van der Waals surface area contributed by atoms with Gasteiger partial charge >= 0.3 is 0 Å². The molecule has 0 unspecified atom stereocenters. The average Bonchev–Trinajstić information content (AvgIpc) is 2.94. The number of nitrogens with zero attached hydrogens (tertiary/aromatic N) is 1. The van der Waals surface area contributed by atoms with Crippen LogP contribution in [0.2, 0.25) is 0 Å². The molecule has 0 aliphatic rings. The van der Waals surface area contributed by atoms with Crippen LogP contribution in [0.15, 0.2) is 46.3 Å². The van der Waals surface area contributed by atoms with Crippen molar-refractivity contribution in [3.8, 4) is 21.8 Å². The van der Waals surface area contributed by atoms with Crippen molar-refractivity contribution >= 4 is 27.3 Å². The van der Waals surface area contributed by atoms with Crippen molar-refractivity contribution < 1.29 is 13.2 Å². The highest BCUT2D eigenvalue weighted by Gasteiger charge is 2.14. The van der Waals surface area contributed by atoms with Gasteiger partial charge in [0.15, 0.2) is 17.5 Å². The van der Waals surface area contributed by atoms with Crippen molar-refractivity contribution in [1.82, 2.24) is 4.98 Å². The van der Waals surface area contributed by atoms with E-state index in [4.69, 9.17) is 0 Å². The van der Waals surface area contributed by atoms with Crippen molar-refractivity contribution in [2.75, 3.05) is 0 Å². The van der Waals surface area contributed by atoms with Gasteiger partial charge in [-0.15, -0.1) is 11.3 Å². The van der Waals surface area contributed by atoms with Crippen LogP contribution < -0.4 is 0 Å². The lowest BCUT2D eigenvalue weighted by atomic mass is 10.2. The standard InChI is InChI=1S/C15H7BrF3NS/c16-10-4-2-1-3-9(10)13-7-21-15(20-13)8-5-11(17)14(19)12(18)6-8/h1-7H. The fraction of sp³-hybridized carbons (Fsp3) is 0. The molecule has 1 heterocycles. The van der Waals surface area contributed by atoms with E-state index in [1.807, 2.05) is 24.3 Å². The molecule has 0 aliphatic carbocycles. The highest BCUT2D eigenvalue weighted by molar-refractivity contribution is 9.10. The van der Waals surface area contributed by atoms with E-state index >= 15 is 0 Å². The maximum Gasteiger partial charge on any atom is 0.194 e. The molecule has 0 radical (unpaired) electrons. The molecule has 0 aliphatic heterocycles. The van der Waals surface area contributed by atoms with Gasteiger partial charge < -0.3 is 0 Å². The molecule has 1 nitrogen and oxygen atoms in total. The lowest BCUT2D eigenvalue weighted by Gasteiger charge is -2.01. The Balaban J connectivity index is 2.05. The number of thiazole rings is 1. The van der Waals surface area contributed by atoms with E-state index in [-0.39, 0.29) is 5.56 Å². The summed E-state index contributed by atoms with van der Waals surface area (Å²) in [6, 6.07) is 9.41. The van der Waals surface area contributed by atoms with Gasteiger partial charge in [-0.3, -0.25) is 0 Å². The first-order valence-corrected chi connectivity index (χ1v) is 7.59. The van der Waals surface area contributed by atoms with E-state index < -0.39 is 17.5 Å². The third-order valence-electron chi connectivity index (χ3n) is 2.88. The van der Waals surface area contributed by atoms with Crippen LogP contribution in [0.3, 0.4) is 0 Å². The molecule has 0 saturated heterocycles. The van der Waals surface area contributed by atoms with Gasteiger partial charge in [-0.2, -0.15) is 0 Å². The average molecular weight is 370 g/mol. The minimum absolute atomic E-state index is 0.217. The van der Waals surface area contributed by atoms with Crippen LogP contribution in [-0.2, 0) is 0 Å². The number of aromatic nitrogens is 1. The first-order valence-electron chi connectivity index (χ1n) is 5.91. The Hall–Kier alpha value is -1.66. The third-order valence-corrected chi connectivity index (χ3v) is 4.47. The Morgan fingerprint density at radius 2 is 1.67 bits per heavy atom. The molecule has 106 valence electrons. The van der Waals surface area contributed by atoms with Crippen LogP contribution in [0.1, 0.15) is 0 Å². The van der Waals surface area contributed by atoms with Crippen molar-refractivity contribution in [3.05, 3.63) is 63.7 Å². The third kappa shape index (κ3) is 2.73. The molecule has 0 spiro atoms. The van der Waals surface area contributed by atoms with Crippen molar-refractivity contribution in [2.45, 2.75) is 0 Å². The Morgan fingerprint density at radius 3 is 2.33 bits per heavy atom. The SMILES string of the molecule is Fc1cc(-c2nc(-c3ccccc3Br)cs2)cc(F)c1F. The summed E-state index contributed by atoms with van der Waals surface area (Å²) in [7, 11) is 0. The van der Waals surface area contributed by atoms with E-state index in [2.05, 4.69) is 20.9 Å². The molecule has 6 heteroatoms. The predicted molar refractivity (Wildman–Crippen MR) is 80.6 cm³/mol. The van der Waals surface area contributed by atoms with E-state index in [0.717, 1.165) is 22.2 Å². The van der Waals surface area contributed by atoms with Crippen molar-refractivity contribution in [1.29, 1.82) is 0 Å². The monoisotopic (exact) mass is 369 g/mol. The summed E-state index contributed by atoms with van der Waals surface area (Å²) in [5.74, 6) is -3.91. The van der Waals surface area contributed by atoms with Gasteiger partial charge in [-0.25, -0.2) is 18.2 Å². The fourth-order valence-electron chi connectivity index (χ4n) is 1.88. The summed E-state index contributed by atoms with van der Waals surface area (Å²) in [5, 5.41) is 2.22. The van der Waals surface area contributed by atoms with Crippen LogP contribution >= 0.6 is 27.3 Å². The molecular weight excluding hydrogens is 363 g/mol. The van der Waals surface area contributed by atoms with Crippen LogP contribution in [0.25, 0.3) is 21.8 Å². The number of hydrogen-bond donors (Lipinski definition) is 0. The van der Waals surface area contributed by atoms with E-state index in [1.54, 1.807) is 5.38 Å². The molecule has 3 rings (SSSR count). The maximum absolute atomic E-state index is 13.3. The lowest BCUT2D eigenvalue weighted by molar-refractivity contribution is 0.447. The van der Waals surface area contributed by atoms with Gasteiger partial charge in [-0.05, 0) is 18.2 Å². The summed E-state index contributed by atoms with van der Waals surface area (Å²) in [5.41, 5.74) is 1.78. The Bertz CT molecular complexity index is 793. The smallest absolute Gasteiger partial charge is 0.194 e. The van der Waals surface area contributed by atoms with Gasteiger partial charge in [0.05, 0.1) is 5.69 Å². The zero-order valence-electron chi connectivity index (χ0n) is 10.4. The molecule has 0 fully saturated rings. The maximum atomic E-state index is 13.3. The Morgan fingerprint density at radius 1 is 1.00 bits per heavy atom. The molecule has 0 atom stereocenters. The minimum atomic E-state index is -1.47. The highest BCUT2D eigenvalue weighted by Crippen LogP contribution is 2.33. The topological polar surface area (TPSA) is 12.9 Å². The largest absolute Gasteiger partial charge is 0.236 e. The van der Waals surface area contributed by atoms with E-state index in [1.165, 1.54) is 11.3 Å². The second kappa shape index (κ2) is 5.61. The molecule has 3 aromatic rings. The van der Waals surface area contributed by atoms with Crippen molar-refractivity contribution in [2.24, 2.45) is 0 Å². The van der Waals surface area contributed by atoms with Crippen LogP contribution in [0.5, 0.6) is 0 Å². The van der Waals surface area contributed by atoms with Crippen LogP contribution in [0, 0.1) is 17.5 Å². The Kier molecular flexibility index (Phi) is 3.82. The molecule has 0 N–H and O–H groups in total. The van der Waals surface area contributed by atoms with E-state index in [0.29, 0.717) is 10.7 Å². The van der Waals surface area contributed by atoms with Gasteiger partial charge in [-0.1, -0.05) is 34.1 Å². The van der Waals surface area contributed by atoms with Gasteiger partial charge in [0.25, 0.3) is 0 Å². The second-order valence-corrected chi connectivity index (χ2v) is 5.98. The van der Waals surface area contributed by atoms with Crippen LogP contribution in [-0.4, -0.2) is 4.98 Å². The van der Waals surface area contributed by atoms with Gasteiger partial charge in [0.2, 0.25) is 0 Å². The molecular formula is C15H7BrF3NS. The van der Waals surface area contributed by atoms with Crippen molar-refractivity contribution in [3.63, 3.8) is 0 Å². The summed E-state index contributed by atoms with van der Waals surface area (Å²) < 4.78 is 40.4. The normalized spacial score (nSPS) is 10.9. The quantitative estimate of drug-likeness (QED) is 0.531.